The van der Waals surface area contributed by atoms with Gasteiger partial charge < -0.3 is 0 Å². The van der Waals surface area contributed by atoms with Gasteiger partial charge in [0.2, 0.25) is 0 Å². The van der Waals surface area contributed by atoms with Crippen molar-refractivity contribution in [1.29, 1.82) is 0 Å². The highest BCUT2D eigenvalue weighted by atomic mass is 14.7. The summed E-state index contributed by atoms with van der Waals surface area (Å²) in [6.45, 7) is 2.24. The lowest BCUT2D eigenvalue weighted by molar-refractivity contribution is 0.785. The third-order valence-electron chi connectivity index (χ3n) is 4.43. The molecular formula is C21H19N. The lowest BCUT2D eigenvalue weighted by atomic mass is 9.96. The van der Waals surface area contributed by atoms with Crippen LogP contribution in [0.2, 0.25) is 0 Å². The Labute approximate surface area is 130 Å². The van der Waals surface area contributed by atoms with Crippen LogP contribution >= 0.6 is 0 Å². The number of rotatable bonds is 3. The van der Waals surface area contributed by atoms with Crippen LogP contribution in [0.4, 0.5) is 0 Å². The van der Waals surface area contributed by atoms with Crippen molar-refractivity contribution in [3.63, 3.8) is 0 Å². The molecule has 0 amide bonds. The summed E-state index contributed by atoms with van der Waals surface area (Å²) in [6, 6.07) is 21.6. The van der Waals surface area contributed by atoms with Crippen molar-refractivity contribution in [3.8, 4) is 0 Å². The normalized spacial score (nSPS) is 11.5. The molecule has 0 aliphatic rings. The second-order valence-corrected chi connectivity index (χ2v) is 5.89. The highest BCUT2D eigenvalue weighted by molar-refractivity contribution is 6.17. The fourth-order valence-corrected chi connectivity index (χ4v) is 3.33. The molecule has 4 rings (SSSR count). The van der Waals surface area contributed by atoms with Gasteiger partial charge in [-0.2, -0.15) is 0 Å². The first-order valence-corrected chi connectivity index (χ1v) is 8.07. The largest absolute Gasteiger partial charge is 0.252 e. The second kappa shape index (κ2) is 5.42. The fraction of sp³-hybridized carbons (Fsp3) is 0.190. The van der Waals surface area contributed by atoms with Gasteiger partial charge in [-0.3, -0.25) is 4.98 Å². The Bertz CT molecular complexity index is 969. The molecule has 0 bridgehead atoms. The first-order chi connectivity index (χ1) is 10.9. The van der Waals surface area contributed by atoms with Crippen LogP contribution in [-0.2, 0) is 6.42 Å². The molecule has 0 unspecified atom stereocenters. The van der Waals surface area contributed by atoms with E-state index in [1.54, 1.807) is 0 Å². The maximum Gasteiger partial charge on any atom is 0.0711 e. The SMILES string of the molecule is CCCCc1nc2ccccc2c2ccc3ccccc3c12. The maximum atomic E-state index is 4.99. The van der Waals surface area contributed by atoms with E-state index in [4.69, 9.17) is 4.98 Å². The molecule has 0 saturated carbocycles. The Balaban J connectivity index is 2.18. The van der Waals surface area contributed by atoms with Crippen molar-refractivity contribution < 1.29 is 0 Å². The number of hydrogen-bond donors (Lipinski definition) is 0. The second-order valence-electron chi connectivity index (χ2n) is 5.89. The van der Waals surface area contributed by atoms with E-state index in [2.05, 4.69) is 67.6 Å². The highest BCUT2D eigenvalue weighted by Gasteiger charge is 2.10. The van der Waals surface area contributed by atoms with Crippen molar-refractivity contribution in [3.05, 3.63) is 66.4 Å². The molecule has 0 saturated heterocycles. The Morgan fingerprint density at radius 3 is 2.41 bits per heavy atom. The van der Waals surface area contributed by atoms with Crippen LogP contribution in [0.25, 0.3) is 32.4 Å². The smallest absolute Gasteiger partial charge is 0.0711 e. The number of hydrogen-bond acceptors (Lipinski definition) is 1. The Kier molecular flexibility index (Phi) is 3.27. The average molecular weight is 285 g/mol. The van der Waals surface area contributed by atoms with Gasteiger partial charge in [0, 0.05) is 16.5 Å². The van der Waals surface area contributed by atoms with E-state index in [9.17, 15) is 0 Å². The molecule has 1 heteroatoms. The molecule has 0 atom stereocenters. The van der Waals surface area contributed by atoms with Gasteiger partial charge in [0.05, 0.1) is 5.52 Å². The molecule has 1 aromatic heterocycles. The van der Waals surface area contributed by atoms with E-state index >= 15 is 0 Å². The molecule has 1 heterocycles. The number of para-hydroxylation sites is 1. The van der Waals surface area contributed by atoms with Gasteiger partial charge in [0.1, 0.15) is 0 Å². The van der Waals surface area contributed by atoms with Gasteiger partial charge >= 0.3 is 0 Å². The van der Waals surface area contributed by atoms with Crippen molar-refractivity contribution in [2.24, 2.45) is 0 Å². The molecule has 4 aromatic rings. The number of aromatic nitrogens is 1. The number of nitrogens with zero attached hydrogens (tertiary/aromatic N) is 1. The van der Waals surface area contributed by atoms with Crippen LogP contribution in [0.1, 0.15) is 25.5 Å². The predicted octanol–water partition coefficient (Wildman–Crippen LogP) is 5.88. The first-order valence-electron chi connectivity index (χ1n) is 8.07. The zero-order chi connectivity index (χ0) is 14.9. The van der Waals surface area contributed by atoms with E-state index in [0.29, 0.717) is 0 Å². The van der Waals surface area contributed by atoms with Crippen LogP contribution in [0.5, 0.6) is 0 Å². The number of fused-ring (bicyclic) bond motifs is 5. The molecule has 0 N–H and O–H groups in total. The molecule has 0 fully saturated rings. The van der Waals surface area contributed by atoms with Gasteiger partial charge in [-0.15, -0.1) is 0 Å². The van der Waals surface area contributed by atoms with Gasteiger partial charge in [0.15, 0.2) is 0 Å². The minimum atomic E-state index is 1.05. The van der Waals surface area contributed by atoms with Gasteiger partial charge in [0.25, 0.3) is 0 Å². The summed E-state index contributed by atoms with van der Waals surface area (Å²) in [5.74, 6) is 0. The summed E-state index contributed by atoms with van der Waals surface area (Å²) in [7, 11) is 0. The molecule has 0 aliphatic carbocycles. The fourth-order valence-electron chi connectivity index (χ4n) is 3.33. The number of unbranched alkanes of at least 4 members (excludes halogenated alkanes) is 1. The standard InChI is InChI=1S/C21H19N/c1-2-3-11-20-21-16-9-5-4-8-15(16)13-14-18(21)17-10-6-7-12-19(17)22-20/h4-10,12-14H,2-3,11H2,1H3. The summed E-state index contributed by atoms with van der Waals surface area (Å²) >= 11 is 0. The summed E-state index contributed by atoms with van der Waals surface area (Å²) in [6.07, 6.45) is 3.43. The predicted molar refractivity (Wildman–Crippen MR) is 95.4 cm³/mol. The van der Waals surface area contributed by atoms with Crippen LogP contribution < -0.4 is 0 Å². The summed E-state index contributed by atoms with van der Waals surface area (Å²) in [4.78, 5) is 4.99. The zero-order valence-corrected chi connectivity index (χ0v) is 12.8. The lowest BCUT2D eigenvalue weighted by Gasteiger charge is -2.12. The number of pyridine rings is 1. The average Bonchev–Trinajstić information content (AvgIpc) is 2.59. The number of benzene rings is 3. The van der Waals surface area contributed by atoms with Crippen LogP contribution in [0.3, 0.4) is 0 Å². The molecule has 0 radical (unpaired) electrons. The molecule has 108 valence electrons. The van der Waals surface area contributed by atoms with Crippen LogP contribution in [0.15, 0.2) is 60.7 Å². The third kappa shape index (κ3) is 2.05. The molecule has 1 nitrogen and oxygen atoms in total. The van der Waals surface area contributed by atoms with E-state index < -0.39 is 0 Å². The topological polar surface area (TPSA) is 12.9 Å². The van der Waals surface area contributed by atoms with E-state index in [-0.39, 0.29) is 0 Å². The van der Waals surface area contributed by atoms with Crippen molar-refractivity contribution in [2.75, 3.05) is 0 Å². The van der Waals surface area contributed by atoms with Crippen LogP contribution in [0, 0.1) is 0 Å². The Morgan fingerprint density at radius 2 is 1.55 bits per heavy atom. The third-order valence-corrected chi connectivity index (χ3v) is 4.43. The minimum absolute atomic E-state index is 1.05. The Hall–Kier alpha value is -2.41. The van der Waals surface area contributed by atoms with Crippen molar-refractivity contribution >= 4 is 32.4 Å². The zero-order valence-electron chi connectivity index (χ0n) is 12.8. The first kappa shape index (κ1) is 13.3. The lowest BCUT2D eigenvalue weighted by Crippen LogP contribution is -1.95. The monoisotopic (exact) mass is 285 g/mol. The highest BCUT2D eigenvalue weighted by Crippen LogP contribution is 2.33. The summed E-state index contributed by atoms with van der Waals surface area (Å²) in [5, 5.41) is 6.54. The van der Waals surface area contributed by atoms with Gasteiger partial charge in [-0.05, 0) is 35.1 Å². The van der Waals surface area contributed by atoms with Crippen LogP contribution in [-0.4, -0.2) is 4.98 Å². The molecular weight excluding hydrogens is 266 g/mol. The Morgan fingerprint density at radius 1 is 0.773 bits per heavy atom. The molecule has 22 heavy (non-hydrogen) atoms. The van der Waals surface area contributed by atoms with E-state index in [1.807, 2.05) is 0 Å². The number of aryl methyl sites for hydroxylation is 1. The van der Waals surface area contributed by atoms with Gasteiger partial charge in [-0.1, -0.05) is 67.9 Å². The quantitative estimate of drug-likeness (QED) is 0.428. The van der Waals surface area contributed by atoms with Crippen molar-refractivity contribution in [1.82, 2.24) is 4.98 Å². The summed E-state index contributed by atoms with van der Waals surface area (Å²) in [5.41, 5.74) is 2.35. The van der Waals surface area contributed by atoms with E-state index in [1.165, 1.54) is 45.5 Å². The maximum absolute atomic E-state index is 4.99. The van der Waals surface area contributed by atoms with E-state index in [0.717, 1.165) is 11.9 Å². The summed E-state index contributed by atoms with van der Waals surface area (Å²) < 4.78 is 0. The molecule has 0 aliphatic heterocycles. The molecule has 3 aromatic carbocycles. The molecule has 0 spiro atoms. The minimum Gasteiger partial charge on any atom is -0.252 e. The van der Waals surface area contributed by atoms with Gasteiger partial charge in [-0.25, -0.2) is 0 Å². The van der Waals surface area contributed by atoms with Crippen molar-refractivity contribution in [2.45, 2.75) is 26.2 Å².